The number of ketones is 1. The Morgan fingerprint density at radius 2 is 1.86 bits per heavy atom. The van der Waals surface area contributed by atoms with Crippen molar-refractivity contribution in [2.45, 2.75) is 26.3 Å². The molecule has 0 aliphatic carbocycles. The van der Waals surface area contributed by atoms with Gasteiger partial charge in [-0.1, -0.05) is 12.1 Å². The molecule has 1 aliphatic rings. The predicted molar refractivity (Wildman–Crippen MR) is 85.1 cm³/mol. The van der Waals surface area contributed by atoms with Crippen LogP contribution in [0.1, 0.15) is 31.1 Å². The van der Waals surface area contributed by atoms with Gasteiger partial charge in [-0.05, 0) is 32.9 Å². The van der Waals surface area contributed by atoms with E-state index in [-0.39, 0.29) is 11.3 Å². The first kappa shape index (κ1) is 16.0. The fourth-order valence-electron chi connectivity index (χ4n) is 2.67. The van der Waals surface area contributed by atoms with Gasteiger partial charge < -0.3 is 4.74 Å². The molecule has 0 aromatic heterocycles. The number of methoxy groups -OCH3 is 1. The van der Waals surface area contributed by atoms with Crippen molar-refractivity contribution in [3.05, 3.63) is 29.8 Å². The van der Waals surface area contributed by atoms with Crippen LogP contribution in [0, 0.1) is 0 Å². The summed E-state index contributed by atoms with van der Waals surface area (Å²) in [5.74, 6) is 0.900. The second-order valence-electron chi connectivity index (χ2n) is 6.59. The smallest absolute Gasteiger partial charge is 0.176 e. The molecule has 0 N–H and O–H groups in total. The lowest BCUT2D eigenvalue weighted by atomic mass is 10.0. The molecule has 1 heterocycles. The summed E-state index contributed by atoms with van der Waals surface area (Å²) in [5, 5.41) is 0. The molecule has 0 bridgehead atoms. The number of hydrogen-bond donors (Lipinski definition) is 0. The Hall–Kier alpha value is -1.39. The molecule has 0 radical (unpaired) electrons. The maximum absolute atomic E-state index is 12.3. The lowest BCUT2D eigenvalue weighted by Crippen LogP contribution is -2.54. The lowest BCUT2D eigenvalue weighted by molar-refractivity contribution is 0.0579. The first-order valence-corrected chi connectivity index (χ1v) is 7.55. The van der Waals surface area contributed by atoms with Crippen molar-refractivity contribution in [1.29, 1.82) is 0 Å². The van der Waals surface area contributed by atoms with Gasteiger partial charge in [0, 0.05) is 37.3 Å². The van der Waals surface area contributed by atoms with Crippen LogP contribution in [0.25, 0.3) is 0 Å². The first-order valence-electron chi connectivity index (χ1n) is 7.55. The molecule has 21 heavy (non-hydrogen) atoms. The number of ether oxygens (including phenoxy) is 1. The van der Waals surface area contributed by atoms with E-state index < -0.39 is 0 Å². The van der Waals surface area contributed by atoms with E-state index in [1.54, 1.807) is 7.11 Å². The van der Waals surface area contributed by atoms with Gasteiger partial charge in [0.25, 0.3) is 0 Å². The molecule has 1 aromatic carbocycles. The number of Topliss-reactive ketones (excluding diaryl/α,β-unsaturated/α-hetero) is 1. The number of carbonyl (C=O) groups is 1. The van der Waals surface area contributed by atoms with Crippen molar-refractivity contribution in [3.8, 4) is 5.75 Å². The summed E-state index contributed by atoms with van der Waals surface area (Å²) in [6, 6.07) is 7.40. The summed E-state index contributed by atoms with van der Waals surface area (Å²) in [6.45, 7) is 11.2. The molecular formula is C17H26N2O2. The van der Waals surface area contributed by atoms with Gasteiger partial charge in [0.15, 0.2) is 5.78 Å². The third kappa shape index (κ3) is 4.29. The standard InChI is InChI=1S/C17H26N2O2/c1-17(2,3)19-10-8-18(9-11-19)13-16(20)14-6-5-7-15(12-14)21-4/h5-7,12H,8-11,13H2,1-4H3. The van der Waals surface area contributed by atoms with Crippen LogP contribution in [0.3, 0.4) is 0 Å². The molecule has 0 amide bonds. The van der Waals surface area contributed by atoms with Gasteiger partial charge >= 0.3 is 0 Å². The Morgan fingerprint density at radius 1 is 1.19 bits per heavy atom. The van der Waals surface area contributed by atoms with E-state index in [0.29, 0.717) is 6.54 Å². The minimum atomic E-state index is 0.165. The van der Waals surface area contributed by atoms with E-state index in [1.807, 2.05) is 24.3 Å². The van der Waals surface area contributed by atoms with Crippen LogP contribution in [-0.4, -0.2) is 61.0 Å². The van der Waals surface area contributed by atoms with Crippen molar-refractivity contribution < 1.29 is 9.53 Å². The average Bonchev–Trinajstić information content (AvgIpc) is 2.47. The van der Waals surface area contributed by atoms with Crippen molar-refractivity contribution in [2.75, 3.05) is 39.8 Å². The van der Waals surface area contributed by atoms with E-state index in [0.717, 1.165) is 37.5 Å². The van der Waals surface area contributed by atoms with Crippen LogP contribution in [0.4, 0.5) is 0 Å². The fraction of sp³-hybridized carbons (Fsp3) is 0.588. The van der Waals surface area contributed by atoms with Gasteiger partial charge in [-0.2, -0.15) is 0 Å². The Balaban J connectivity index is 1.89. The van der Waals surface area contributed by atoms with Crippen molar-refractivity contribution in [1.82, 2.24) is 9.80 Å². The van der Waals surface area contributed by atoms with E-state index >= 15 is 0 Å². The van der Waals surface area contributed by atoms with E-state index in [1.165, 1.54) is 0 Å². The number of piperazine rings is 1. The van der Waals surface area contributed by atoms with E-state index in [9.17, 15) is 4.79 Å². The minimum absolute atomic E-state index is 0.165. The Kier molecular flexibility index (Phi) is 5.01. The lowest BCUT2D eigenvalue weighted by Gasteiger charge is -2.42. The van der Waals surface area contributed by atoms with Crippen LogP contribution in [0.2, 0.25) is 0 Å². The molecule has 1 aliphatic heterocycles. The van der Waals surface area contributed by atoms with Gasteiger partial charge in [0.05, 0.1) is 13.7 Å². The van der Waals surface area contributed by atoms with Gasteiger partial charge in [-0.3, -0.25) is 14.6 Å². The second kappa shape index (κ2) is 6.58. The molecule has 0 saturated carbocycles. The third-order valence-corrected chi connectivity index (χ3v) is 4.08. The highest BCUT2D eigenvalue weighted by molar-refractivity contribution is 5.97. The van der Waals surface area contributed by atoms with Gasteiger partial charge in [0.2, 0.25) is 0 Å². The van der Waals surface area contributed by atoms with Gasteiger partial charge in [-0.15, -0.1) is 0 Å². The Bertz CT molecular complexity index is 486. The van der Waals surface area contributed by atoms with Gasteiger partial charge in [-0.25, -0.2) is 0 Å². The van der Waals surface area contributed by atoms with Crippen molar-refractivity contribution in [3.63, 3.8) is 0 Å². The zero-order valence-electron chi connectivity index (χ0n) is 13.6. The summed E-state index contributed by atoms with van der Waals surface area (Å²) >= 11 is 0. The van der Waals surface area contributed by atoms with E-state index in [2.05, 4.69) is 30.6 Å². The molecule has 0 unspecified atom stereocenters. The number of hydrogen-bond acceptors (Lipinski definition) is 4. The monoisotopic (exact) mass is 290 g/mol. The molecule has 2 rings (SSSR count). The quantitative estimate of drug-likeness (QED) is 0.797. The molecular weight excluding hydrogens is 264 g/mol. The molecule has 4 heteroatoms. The van der Waals surface area contributed by atoms with Crippen molar-refractivity contribution >= 4 is 5.78 Å². The maximum atomic E-state index is 12.3. The third-order valence-electron chi connectivity index (χ3n) is 4.08. The van der Waals surface area contributed by atoms with Gasteiger partial charge in [0.1, 0.15) is 5.75 Å². The van der Waals surface area contributed by atoms with Crippen molar-refractivity contribution in [2.24, 2.45) is 0 Å². The minimum Gasteiger partial charge on any atom is -0.497 e. The molecule has 0 atom stereocenters. The zero-order valence-corrected chi connectivity index (χ0v) is 13.6. The van der Waals surface area contributed by atoms with Crippen LogP contribution in [0.15, 0.2) is 24.3 Å². The summed E-state index contributed by atoms with van der Waals surface area (Å²) in [5.41, 5.74) is 0.940. The number of nitrogens with zero attached hydrogens (tertiary/aromatic N) is 2. The maximum Gasteiger partial charge on any atom is 0.176 e. The van der Waals surface area contributed by atoms with Crippen LogP contribution < -0.4 is 4.74 Å². The summed E-state index contributed by atoms with van der Waals surface area (Å²) < 4.78 is 5.17. The normalized spacial score (nSPS) is 17.7. The SMILES string of the molecule is COc1cccc(C(=O)CN2CCN(C(C)(C)C)CC2)c1. The Labute approximate surface area is 127 Å². The highest BCUT2D eigenvalue weighted by atomic mass is 16.5. The largest absolute Gasteiger partial charge is 0.497 e. The molecule has 0 spiro atoms. The topological polar surface area (TPSA) is 32.8 Å². The summed E-state index contributed by atoms with van der Waals surface area (Å²) in [7, 11) is 1.62. The van der Waals surface area contributed by atoms with Crippen LogP contribution in [0.5, 0.6) is 5.75 Å². The van der Waals surface area contributed by atoms with Crippen LogP contribution in [-0.2, 0) is 0 Å². The predicted octanol–water partition coefficient (Wildman–Crippen LogP) is 2.29. The fourth-order valence-corrected chi connectivity index (χ4v) is 2.67. The Morgan fingerprint density at radius 3 is 2.43 bits per heavy atom. The zero-order chi connectivity index (χ0) is 15.5. The van der Waals surface area contributed by atoms with Crippen LogP contribution >= 0.6 is 0 Å². The van der Waals surface area contributed by atoms with E-state index in [4.69, 9.17) is 4.74 Å². The first-order chi connectivity index (χ1) is 9.90. The molecule has 1 saturated heterocycles. The average molecular weight is 290 g/mol. The molecule has 1 aromatic rings. The molecule has 1 fully saturated rings. The number of carbonyl (C=O) groups excluding carboxylic acids is 1. The highest BCUT2D eigenvalue weighted by Gasteiger charge is 2.26. The molecule has 116 valence electrons. The highest BCUT2D eigenvalue weighted by Crippen LogP contribution is 2.17. The second-order valence-corrected chi connectivity index (χ2v) is 6.59. The summed E-state index contributed by atoms with van der Waals surface area (Å²) in [4.78, 5) is 17.1. The summed E-state index contributed by atoms with van der Waals surface area (Å²) in [6.07, 6.45) is 0. The number of benzene rings is 1. The molecule has 4 nitrogen and oxygen atoms in total. The number of rotatable bonds is 4.